The molecule has 1 fully saturated rings. The number of aromatic nitrogens is 4. The number of carbonyl (C=O) groups is 1. The van der Waals surface area contributed by atoms with Crippen molar-refractivity contribution in [2.75, 3.05) is 51.0 Å². The van der Waals surface area contributed by atoms with Crippen molar-refractivity contribution in [2.45, 2.75) is 0 Å². The lowest BCUT2D eigenvalue weighted by Gasteiger charge is -2.27. The van der Waals surface area contributed by atoms with Crippen molar-refractivity contribution in [1.82, 2.24) is 24.8 Å². The molecule has 10 nitrogen and oxygen atoms in total. The summed E-state index contributed by atoms with van der Waals surface area (Å²) in [5.74, 6) is 1.44. The molecular formula is C21H23N7O3. The van der Waals surface area contributed by atoms with Crippen LogP contribution in [0.3, 0.4) is 0 Å². The van der Waals surface area contributed by atoms with E-state index in [-0.39, 0.29) is 11.9 Å². The van der Waals surface area contributed by atoms with Gasteiger partial charge in [-0.2, -0.15) is 4.98 Å². The Bertz CT molecular complexity index is 1070. The Morgan fingerprint density at radius 2 is 1.87 bits per heavy atom. The minimum absolute atomic E-state index is 0.109. The molecule has 0 spiro atoms. The van der Waals surface area contributed by atoms with Crippen LogP contribution < -0.4 is 15.4 Å². The fraction of sp³-hybridized carbons (Fsp3) is 0.286. The lowest BCUT2D eigenvalue weighted by molar-refractivity contribution is 0.0827. The Morgan fingerprint density at radius 3 is 2.58 bits per heavy atom. The van der Waals surface area contributed by atoms with Crippen LogP contribution in [-0.2, 0) is 4.74 Å². The second kappa shape index (κ2) is 8.92. The summed E-state index contributed by atoms with van der Waals surface area (Å²) >= 11 is 0. The zero-order chi connectivity index (χ0) is 21.8. The van der Waals surface area contributed by atoms with Crippen LogP contribution in [0, 0.1) is 0 Å². The number of nitrogens with two attached hydrogens (primary N) is 1. The molecular weight excluding hydrogens is 398 g/mol. The highest BCUT2D eigenvalue weighted by molar-refractivity contribution is 5.94. The van der Waals surface area contributed by atoms with E-state index in [0.29, 0.717) is 60.7 Å². The van der Waals surface area contributed by atoms with Gasteiger partial charge >= 0.3 is 0 Å². The van der Waals surface area contributed by atoms with Crippen LogP contribution in [0.5, 0.6) is 11.6 Å². The van der Waals surface area contributed by atoms with Gasteiger partial charge in [0, 0.05) is 56.8 Å². The Hall–Kier alpha value is -3.79. The predicted octanol–water partition coefficient (Wildman–Crippen LogP) is 1.85. The fourth-order valence-electron chi connectivity index (χ4n) is 3.06. The largest absolute Gasteiger partial charge is 0.439 e. The molecule has 0 radical (unpaired) electrons. The van der Waals surface area contributed by atoms with Crippen molar-refractivity contribution in [2.24, 2.45) is 0 Å². The lowest BCUT2D eigenvalue weighted by atomic mass is 10.2. The van der Waals surface area contributed by atoms with Crippen molar-refractivity contribution < 1.29 is 14.3 Å². The predicted molar refractivity (Wildman–Crippen MR) is 115 cm³/mol. The van der Waals surface area contributed by atoms with Crippen molar-refractivity contribution >= 4 is 17.8 Å². The van der Waals surface area contributed by atoms with Crippen LogP contribution in [0.15, 0.2) is 42.7 Å². The van der Waals surface area contributed by atoms with Crippen molar-refractivity contribution in [1.29, 1.82) is 0 Å². The molecule has 1 aliphatic rings. The van der Waals surface area contributed by atoms with Gasteiger partial charge in [0.15, 0.2) is 0 Å². The first-order valence-corrected chi connectivity index (χ1v) is 9.79. The van der Waals surface area contributed by atoms with Crippen LogP contribution in [0.2, 0.25) is 0 Å². The number of rotatable bonds is 5. The van der Waals surface area contributed by atoms with Crippen LogP contribution in [-0.4, -0.2) is 71.1 Å². The van der Waals surface area contributed by atoms with Crippen molar-refractivity contribution in [3.8, 4) is 22.9 Å². The van der Waals surface area contributed by atoms with Crippen LogP contribution >= 0.6 is 0 Å². The highest BCUT2D eigenvalue weighted by atomic mass is 16.5. The molecule has 0 aliphatic carbocycles. The smallest absolute Gasteiger partial charge is 0.253 e. The average molecular weight is 421 g/mol. The minimum Gasteiger partial charge on any atom is -0.439 e. The number of nitrogen functional groups attached to an aromatic ring is 1. The third-order valence-corrected chi connectivity index (χ3v) is 4.66. The fourth-order valence-corrected chi connectivity index (χ4v) is 3.06. The number of hydrogen-bond donors (Lipinski definition) is 1. The summed E-state index contributed by atoms with van der Waals surface area (Å²) in [6.45, 7) is 2.55. The quantitative estimate of drug-likeness (QED) is 0.658. The molecule has 1 aliphatic heterocycles. The van der Waals surface area contributed by atoms with Gasteiger partial charge in [0.05, 0.1) is 18.9 Å². The highest BCUT2D eigenvalue weighted by Crippen LogP contribution is 2.28. The van der Waals surface area contributed by atoms with Gasteiger partial charge in [0.2, 0.25) is 17.8 Å². The molecule has 4 rings (SSSR count). The number of amides is 1. The molecule has 1 aromatic carbocycles. The van der Waals surface area contributed by atoms with Gasteiger partial charge in [-0.3, -0.25) is 4.79 Å². The molecule has 1 saturated heterocycles. The number of morpholine rings is 1. The maximum Gasteiger partial charge on any atom is 0.253 e. The standard InChI is InChI=1S/C21H23N7O3/c1-27(2)19(29)14-4-3-5-16(10-14)31-18-11-17(15-12-23-20(22)24-13-15)25-21(26-18)28-6-8-30-9-7-28/h3-5,10-13H,6-9H2,1-2H3,(H2,22,23,24). The van der Waals surface area contributed by atoms with Crippen LogP contribution in [0.1, 0.15) is 10.4 Å². The topological polar surface area (TPSA) is 120 Å². The number of ether oxygens (including phenoxy) is 2. The molecule has 160 valence electrons. The van der Waals surface area contributed by atoms with Gasteiger partial charge < -0.3 is 25.0 Å². The molecule has 0 bridgehead atoms. The van der Waals surface area contributed by atoms with Gasteiger partial charge in [-0.1, -0.05) is 6.07 Å². The average Bonchev–Trinajstić information content (AvgIpc) is 2.79. The molecule has 3 heterocycles. The zero-order valence-electron chi connectivity index (χ0n) is 17.4. The summed E-state index contributed by atoms with van der Waals surface area (Å²) in [5.41, 5.74) is 7.43. The number of nitrogens with zero attached hydrogens (tertiary/aromatic N) is 6. The molecule has 31 heavy (non-hydrogen) atoms. The summed E-state index contributed by atoms with van der Waals surface area (Å²) in [5, 5.41) is 0. The monoisotopic (exact) mass is 421 g/mol. The Balaban J connectivity index is 1.69. The van der Waals surface area contributed by atoms with Gasteiger partial charge in [0.25, 0.3) is 5.91 Å². The maximum absolute atomic E-state index is 12.3. The van der Waals surface area contributed by atoms with Gasteiger partial charge in [0.1, 0.15) is 5.75 Å². The first-order chi connectivity index (χ1) is 15.0. The highest BCUT2D eigenvalue weighted by Gasteiger charge is 2.18. The first kappa shape index (κ1) is 20.5. The zero-order valence-corrected chi connectivity index (χ0v) is 17.4. The third-order valence-electron chi connectivity index (χ3n) is 4.66. The number of hydrogen-bond acceptors (Lipinski definition) is 9. The summed E-state index contributed by atoms with van der Waals surface area (Å²) in [7, 11) is 3.41. The van der Waals surface area contributed by atoms with E-state index in [2.05, 4.69) is 19.9 Å². The second-order valence-electron chi connectivity index (χ2n) is 7.15. The van der Waals surface area contributed by atoms with E-state index in [1.807, 2.05) is 4.90 Å². The van der Waals surface area contributed by atoms with E-state index in [0.717, 1.165) is 0 Å². The first-order valence-electron chi connectivity index (χ1n) is 9.79. The SMILES string of the molecule is CN(C)C(=O)c1cccc(Oc2cc(-c3cnc(N)nc3)nc(N3CCOCC3)n2)c1. The van der Waals surface area contributed by atoms with Gasteiger partial charge in [-0.15, -0.1) is 0 Å². The van der Waals surface area contributed by atoms with E-state index in [4.69, 9.17) is 15.2 Å². The molecule has 0 unspecified atom stereocenters. The molecule has 0 saturated carbocycles. The molecule has 2 N–H and O–H groups in total. The van der Waals surface area contributed by atoms with E-state index in [1.54, 1.807) is 56.8 Å². The Morgan fingerprint density at radius 1 is 1.13 bits per heavy atom. The molecule has 2 aromatic heterocycles. The lowest BCUT2D eigenvalue weighted by Crippen LogP contribution is -2.37. The third kappa shape index (κ3) is 4.86. The number of carbonyl (C=O) groups excluding carboxylic acids is 1. The maximum atomic E-state index is 12.3. The summed E-state index contributed by atoms with van der Waals surface area (Å²) in [4.78, 5) is 33.2. The molecule has 3 aromatic rings. The number of benzene rings is 1. The normalized spacial score (nSPS) is 13.7. The van der Waals surface area contributed by atoms with E-state index in [9.17, 15) is 4.79 Å². The Kier molecular flexibility index (Phi) is 5.89. The van der Waals surface area contributed by atoms with E-state index in [1.165, 1.54) is 4.90 Å². The molecule has 0 atom stereocenters. The van der Waals surface area contributed by atoms with Gasteiger partial charge in [-0.25, -0.2) is 15.0 Å². The van der Waals surface area contributed by atoms with Crippen molar-refractivity contribution in [3.05, 3.63) is 48.3 Å². The summed E-state index contributed by atoms with van der Waals surface area (Å²) in [6, 6.07) is 8.68. The molecule has 1 amide bonds. The minimum atomic E-state index is -0.109. The number of anilines is 2. The second-order valence-corrected chi connectivity index (χ2v) is 7.15. The summed E-state index contributed by atoms with van der Waals surface area (Å²) < 4.78 is 11.5. The van der Waals surface area contributed by atoms with E-state index < -0.39 is 0 Å². The van der Waals surface area contributed by atoms with Crippen molar-refractivity contribution in [3.63, 3.8) is 0 Å². The van der Waals surface area contributed by atoms with E-state index >= 15 is 0 Å². The van der Waals surface area contributed by atoms with Crippen LogP contribution in [0.25, 0.3) is 11.3 Å². The van der Waals surface area contributed by atoms with Crippen LogP contribution in [0.4, 0.5) is 11.9 Å². The van der Waals surface area contributed by atoms with Gasteiger partial charge in [-0.05, 0) is 18.2 Å². The molecule has 10 heteroatoms. The summed E-state index contributed by atoms with van der Waals surface area (Å²) in [6.07, 6.45) is 3.21. The Labute approximate surface area is 179 Å².